The van der Waals surface area contributed by atoms with Crippen LogP contribution in [0.4, 0.5) is 5.69 Å². The van der Waals surface area contributed by atoms with Crippen molar-refractivity contribution in [3.8, 4) is 0 Å². The Morgan fingerprint density at radius 1 is 1.31 bits per heavy atom. The van der Waals surface area contributed by atoms with Crippen LogP contribution >= 0.6 is 0 Å². The van der Waals surface area contributed by atoms with E-state index in [9.17, 15) is 14.7 Å². The molecule has 2 N–H and O–H groups in total. The number of cyclic esters (lactones) is 1. The van der Waals surface area contributed by atoms with Crippen molar-refractivity contribution in [3.05, 3.63) is 59.4 Å². The molecule has 0 saturated carbocycles. The van der Waals surface area contributed by atoms with Crippen molar-refractivity contribution in [2.24, 2.45) is 0 Å². The van der Waals surface area contributed by atoms with Crippen LogP contribution in [0.15, 0.2) is 42.7 Å². The van der Waals surface area contributed by atoms with Gasteiger partial charge >= 0.3 is 5.97 Å². The first-order valence-electron chi connectivity index (χ1n) is 8.52. The number of pyridine rings is 1. The van der Waals surface area contributed by atoms with Crippen molar-refractivity contribution in [2.75, 3.05) is 11.9 Å². The molecule has 2 atom stereocenters. The van der Waals surface area contributed by atoms with E-state index in [0.717, 1.165) is 18.4 Å². The lowest BCUT2D eigenvalue weighted by atomic mass is 10.1. The molecule has 26 heavy (non-hydrogen) atoms. The van der Waals surface area contributed by atoms with Crippen LogP contribution < -0.4 is 9.88 Å². The average Bonchev–Trinajstić information content (AvgIpc) is 3.29. The zero-order chi connectivity index (χ0) is 18.1. The number of hydrogen-bond acceptors (Lipinski definition) is 5. The van der Waals surface area contributed by atoms with Crippen LogP contribution in [0.1, 0.15) is 45.3 Å². The summed E-state index contributed by atoms with van der Waals surface area (Å²) in [5.74, 6) is -0.646. The number of benzene rings is 1. The van der Waals surface area contributed by atoms with E-state index in [0.29, 0.717) is 16.8 Å². The molecule has 7 heteroatoms. The monoisotopic (exact) mass is 355 g/mol. The van der Waals surface area contributed by atoms with Gasteiger partial charge in [0.1, 0.15) is 12.2 Å². The van der Waals surface area contributed by atoms with Gasteiger partial charge in [0.2, 0.25) is 0 Å². The summed E-state index contributed by atoms with van der Waals surface area (Å²) in [7, 11) is 0. The molecule has 2 aliphatic heterocycles. The van der Waals surface area contributed by atoms with Gasteiger partial charge in [0.05, 0.1) is 18.3 Å². The zero-order valence-corrected chi connectivity index (χ0v) is 14.1. The molecule has 2 aromatic rings. The number of anilines is 1. The molecule has 2 unspecified atom stereocenters. The lowest BCUT2D eigenvalue weighted by Crippen LogP contribution is -2.40. The predicted molar refractivity (Wildman–Crippen MR) is 90.4 cm³/mol. The van der Waals surface area contributed by atoms with E-state index in [4.69, 9.17) is 9.47 Å². The molecule has 0 bridgehead atoms. The lowest BCUT2D eigenvalue weighted by molar-refractivity contribution is -0.759. The van der Waals surface area contributed by atoms with Crippen molar-refractivity contribution < 1.29 is 28.7 Å². The maximum Gasteiger partial charge on any atom is 0.338 e. The number of esters is 1. The maximum atomic E-state index is 12.6. The summed E-state index contributed by atoms with van der Waals surface area (Å²) < 4.78 is 12.6. The number of aliphatic hydroxyl groups is 1. The summed E-state index contributed by atoms with van der Waals surface area (Å²) in [5, 5.41) is 12.0. The first-order valence-corrected chi connectivity index (χ1v) is 8.52. The molecular weight excluding hydrogens is 336 g/mol. The standard InChI is InChI=1S/C19H18N2O5/c22-10-15-5-6-17(26-15)21-7-1-2-12(9-21)18(23)20-14-4-3-13-11-25-19(24)16(13)8-14/h1-4,7-9,15,17,22H,5-6,10-11H2/p+1. The number of carbonyl (C=O) groups excluding carboxylic acids is 2. The Bertz CT molecular complexity index is 867. The molecular formula is C19H19N2O5+. The van der Waals surface area contributed by atoms with Gasteiger partial charge < -0.3 is 19.9 Å². The zero-order valence-electron chi connectivity index (χ0n) is 14.1. The van der Waals surface area contributed by atoms with Gasteiger partial charge in [-0.3, -0.25) is 4.79 Å². The highest BCUT2D eigenvalue weighted by atomic mass is 16.5. The first-order chi connectivity index (χ1) is 12.6. The van der Waals surface area contributed by atoms with Crippen LogP contribution in [0, 0.1) is 0 Å². The van der Waals surface area contributed by atoms with Crippen molar-refractivity contribution in [1.82, 2.24) is 0 Å². The molecule has 134 valence electrons. The highest BCUT2D eigenvalue weighted by Crippen LogP contribution is 2.25. The maximum absolute atomic E-state index is 12.6. The fraction of sp³-hybridized carbons (Fsp3) is 0.316. The molecule has 0 spiro atoms. The summed E-state index contributed by atoms with van der Waals surface area (Å²) in [6.45, 7) is 0.273. The summed E-state index contributed by atoms with van der Waals surface area (Å²) in [4.78, 5) is 24.2. The fourth-order valence-electron chi connectivity index (χ4n) is 3.24. The third-order valence-corrected chi connectivity index (χ3v) is 4.65. The van der Waals surface area contributed by atoms with Crippen LogP contribution in [-0.2, 0) is 16.1 Å². The Morgan fingerprint density at radius 3 is 3.00 bits per heavy atom. The second-order valence-electron chi connectivity index (χ2n) is 6.41. The highest BCUT2D eigenvalue weighted by molar-refractivity contribution is 6.04. The first kappa shape index (κ1) is 16.7. The normalized spacial score (nSPS) is 21.3. The molecule has 1 aromatic carbocycles. The number of nitrogens with zero attached hydrogens (tertiary/aromatic N) is 1. The minimum Gasteiger partial charge on any atom is -0.457 e. The Morgan fingerprint density at radius 2 is 2.19 bits per heavy atom. The number of hydrogen-bond donors (Lipinski definition) is 2. The number of aliphatic hydroxyl groups excluding tert-OH is 1. The van der Waals surface area contributed by atoms with Crippen LogP contribution in [0.3, 0.4) is 0 Å². The highest BCUT2D eigenvalue weighted by Gasteiger charge is 2.31. The molecule has 1 fully saturated rings. The average molecular weight is 355 g/mol. The summed E-state index contributed by atoms with van der Waals surface area (Å²) >= 11 is 0. The van der Waals surface area contributed by atoms with Crippen molar-refractivity contribution in [1.29, 1.82) is 0 Å². The van der Waals surface area contributed by atoms with E-state index >= 15 is 0 Å². The Kier molecular flexibility index (Phi) is 4.40. The molecule has 4 rings (SSSR count). The smallest absolute Gasteiger partial charge is 0.338 e. The minimum absolute atomic E-state index is 0.00198. The second kappa shape index (κ2) is 6.86. The number of ether oxygens (including phenoxy) is 2. The summed E-state index contributed by atoms with van der Waals surface area (Å²) in [5.41, 5.74) is 2.33. The van der Waals surface area contributed by atoms with Gasteiger partial charge in [-0.2, -0.15) is 4.57 Å². The molecule has 1 aromatic heterocycles. The summed E-state index contributed by atoms with van der Waals surface area (Å²) in [6, 6.07) is 8.66. The number of carbonyl (C=O) groups is 2. The number of nitrogens with one attached hydrogen (secondary N) is 1. The van der Waals surface area contributed by atoms with Gasteiger partial charge in [-0.1, -0.05) is 6.07 Å². The van der Waals surface area contributed by atoms with E-state index in [1.54, 1.807) is 36.5 Å². The van der Waals surface area contributed by atoms with Crippen molar-refractivity contribution in [3.63, 3.8) is 0 Å². The van der Waals surface area contributed by atoms with E-state index in [1.165, 1.54) is 0 Å². The molecule has 1 amide bonds. The van der Waals surface area contributed by atoms with Crippen molar-refractivity contribution in [2.45, 2.75) is 31.8 Å². The van der Waals surface area contributed by atoms with Gasteiger partial charge in [-0.15, -0.1) is 0 Å². The Labute approximate surface area is 150 Å². The fourth-order valence-corrected chi connectivity index (χ4v) is 3.24. The van der Waals surface area contributed by atoms with E-state index in [2.05, 4.69) is 5.32 Å². The Hall–Kier alpha value is -2.77. The van der Waals surface area contributed by atoms with E-state index in [1.807, 2.05) is 10.8 Å². The third kappa shape index (κ3) is 3.18. The summed E-state index contributed by atoms with van der Waals surface area (Å²) in [6.07, 6.45) is 4.79. The third-order valence-electron chi connectivity index (χ3n) is 4.65. The van der Waals surface area contributed by atoms with Gasteiger partial charge in [0.25, 0.3) is 12.1 Å². The number of fused-ring (bicyclic) bond motifs is 1. The van der Waals surface area contributed by atoms with Gasteiger partial charge in [0, 0.05) is 23.7 Å². The molecule has 3 heterocycles. The minimum atomic E-state index is -0.370. The predicted octanol–water partition coefficient (Wildman–Crippen LogP) is 1.57. The molecule has 1 saturated heterocycles. The van der Waals surface area contributed by atoms with Gasteiger partial charge in [0.15, 0.2) is 12.4 Å². The lowest BCUT2D eigenvalue weighted by Gasteiger charge is -2.09. The van der Waals surface area contributed by atoms with Crippen LogP contribution in [0.5, 0.6) is 0 Å². The van der Waals surface area contributed by atoms with Crippen molar-refractivity contribution >= 4 is 17.6 Å². The number of amides is 1. The Balaban J connectivity index is 1.50. The van der Waals surface area contributed by atoms with Crippen LogP contribution in [0.2, 0.25) is 0 Å². The molecule has 0 aliphatic carbocycles. The second-order valence-corrected chi connectivity index (χ2v) is 6.41. The largest absolute Gasteiger partial charge is 0.457 e. The van der Waals surface area contributed by atoms with E-state index in [-0.39, 0.29) is 37.4 Å². The molecule has 0 radical (unpaired) electrons. The van der Waals surface area contributed by atoms with Crippen LogP contribution in [0.25, 0.3) is 0 Å². The topological polar surface area (TPSA) is 88.7 Å². The number of rotatable bonds is 4. The van der Waals surface area contributed by atoms with Gasteiger partial charge in [-0.05, 0) is 24.6 Å². The van der Waals surface area contributed by atoms with E-state index < -0.39 is 0 Å². The van der Waals surface area contributed by atoms with Crippen LogP contribution in [-0.4, -0.2) is 29.7 Å². The number of aromatic nitrogens is 1. The quantitative estimate of drug-likeness (QED) is 0.642. The molecule has 7 nitrogen and oxygen atoms in total. The van der Waals surface area contributed by atoms with Gasteiger partial charge in [-0.25, -0.2) is 4.79 Å². The molecule has 2 aliphatic rings. The SMILES string of the molecule is O=C(Nc1ccc2c(c1)C(=O)OC2)c1ccc[n+](C2CCC(CO)O2)c1.